The summed E-state index contributed by atoms with van der Waals surface area (Å²) >= 11 is 0. The first-order valence-electron chi connectivity index (χ1n) is 4.86. The number of guanidine groups is 1. The van der Waals surface area contributed by atoms with Crippen molar-refractivity contribution in [1.82, 2.24) is 0 Å². The normalized spacial score (nSPS) is 11.2. The second-order valence-electron chi connectivity index (χ2n) is 3.29. The predicted molar refractivity (Wildman–Crippen MR) is 63.8 cm³/mol. The van der Waals surface area contributed by atoms with Crippen molar-refractivity contribution in [3.05, 3.63) is 35.4 Å². The van der Waals surface area contributed by atoms with Gasteiger partial charge >= 0.3 is 0 Å². The molecule has 0 spiro atoms. The third-order valence-electron chi connectivity index (χ3n) is 2.01. The molecule has 0 aliphatic heterocycles. The molecule has 0 atom stereocenters. The van der Waals surface area contributed by atoms with E-state index in [2.05, 4.69) is 10.2 Å². The maximum atomic E-state index is 5.22. The average Bonchev–Trinajstić information content (AvgIpc) is 2.21. The van der Waals surface area contributed by atoms with Crippen molar-refractivity contribution in [2.45, 2.75) is 20.3 Å². The Labute approximate surface area is 89.7 Å². The van der Waals surface area contributed by atoms with Crippen LogP contribution in [0, 0.1) is 6.92 Å². The highest BCUT2D eigenvalue weighted by molar-refractivity contribution is 6.00. The lowest BCUT2D eigenvalue weighted by Crippen LogP contribution is -2.22. The molecule has 0 unspecified atom stereocenters. The van der Waals surface area contributed by atoms with Gasteiger partial charge in [0.1, 0.15) is 0 Å². The zero-order valence-corrected chi connectivity index (χ0v) is 9.07. The molecule has 1 aromatic rings. The smallest absolute Gasteiger partial charge is 0.211 e. The van der Waals surface area contributed by atoms with Gasteiger partial charge in [-0.2, -0.15) is 5.10 Å². The molecule has 4 heteroatoms. The molecule has 4 N–H and O–H groups in total. The predicted octanol–water partition coefficient (Wildman–Crippen LogP) is 1.38. The zero-order valence-electron chi connectivity index (χ0n) is 9.07. The third-order valence-corrected chi connectivity index (χ3v) is 2.01. The standard InChI is InChI=1S/C11H16N4/c1-3-10(14-15-11(12)13)9-6-4-8(2)5-7-9/h4-7H,3H2,1-2H3,(H4,12,13,15)/b14-10-. The Morgan fingerprint density at radius 2 is 1.73 bits per heavy atom. The summed E-state index contributed by atoms with van der Waals surface area (Å²) in [5.41, 5.74) is 13.6. The van der Waals surface area contributed by atoms with E-state index in [9.17, 15) is 0 Å². The van der Waals surface area contributed by atoms with Crippen LogP contribution in [0.3, 0.4) is 0 Å². The fraction of sp³-hybridized carbons (Fsp3) is 0.273. The van der Waals surface area contributed by atoms with Crippen molar-refractivity contribution >= 4 is 11.7 Å². The van der Waals surface area contributed by atoms with Gasteiger partial charge in [-0.05, 0) is 18.9 Å². The van der Waals surface area contributed by atoms with Gasteiger partial charge in [-0.15, -0.1) is 5.10 Å². The molecule has 4 nitrogen and oxygen atoms in total. The number of nitrogens with zero attached hydrogens (tertiary/aromatic N) is 2. The van der Waals surface area contributed by atoms with Crippen LogP contribution in [0.2, 0.25) is 0 Å². The van der Waals surface area contributed by atoms with Crippen LogP contribution in [0.25, 0.3) is 0 Å². The molecule has 1 aromatic carbocycles. The maximum Gasteiger partial charge on any atom is 0.211 e. The zero-order chi connectivity index (χ0) is 11.3. The quantitative estimate of drug-likeness (QED) is 0.443. The second kappa shape index (κ2) is 5.14. The molecular weight excluding hydrogens is 188 g/mol. The summed E-state index contributed by atoms with van der Waals surface area (Å²) in [5, 5.41) is 7.65. The van der Waals surface area contributed by atoms with Gasteiger partial charge in [0.05, 0.1) is 5.71 Å². The van der Waals surface area contributed by atoms with Crippen LogP contribution in [0.5, 0.6) is 0 Å². The Kier molecular flexibility index (Phi) is 3.85. The average molecular weight is 204 g/mol. The summed E-state index contributed by atoms with van der Waals surface area (Å²) < 4.78 is 0. The number of hydrogen-bond donors (Lipinski definition) is 2. The first-order chi connectivity index (χ1) is 7.13. The fourth-order valence-corrected chi connectivity index (χ4v) is 1.20. The molecule has 0 aromatic heterocycles. The van der Waals surface area contributed by atoms with Crippen LogP contribution >= 0.6 is 0 Å². The molecule has 0 fully saturated rings. The van der Waals surface area contributed by atoms with Crippen LogP contribution < -0.4 is 11.5 Å². The molecule has 1 rings (SSSR count). The third kappa shape index (κ3) is 3.42. The number of rotatable bonds is 3. The van der Waals surface area contributed by atoms with Crippen molar-refractivity contribution in [1.29, 1.82) is 0 Å². The largest absolute Gasteiger partial charge is 0.369 e. The van der Waals surface area contributed by atoms with E-state index in [0.717, 1.165) is 17.7 Å². The Morgan fingerprint density at radius 3 is 2.20 bits per heavy atom. The van der Waals surface area contributed by atoms with Gasteiger partial charge < -0.3 is 11.5 Å². The molecule has 80 valence electrons. The van der Waals surface area contributed by atoms with E-state index in [0.29, 0.717) is 0 Å². The molecular formula is C11H16N4. The minimum absolute atomic E-state index is 0.0203. The number of aryl methyl sites for hydroxylation is 1. The number of benzene rings is 1. The minimum Gasteiger partial charge on any atom is -0.369 e. The molecule has 0 bridgehead atoms. The molecule has 0 saturated carbocycles. The first kappa shape index (κ1) is 11.2. The SMILES string of the molecule is CC/C(=N/N=C(N)N)c1ccc(C)cc1. The van der Waals surface area contributed by atoms with Crippen LogP contribution in [-0.4, -0.2) is 11.7 Å². The van der Waals surface area contributed by atoms with Gasteiger partial charge in [0.15, 0.2) is 0 Å². The molecule has 0 radical (unpaired) electrons. The van der Waals surface area contributed by atoms with E-state index in [1.54, 1.807) is 0 Å². The van der Waals surface area contributed by atoms with Gasteiger partial charge in [-0.25, -0.2) is 0 Å². The maximum absolute atomic E-state index is 5.22. The van der Waals surface area contributed by atoms with E-state index in [1.165, 1.54) is 5.56 Å². The van der Waals surface area contributed by atoms with Crippen LogP contribution in [0.4, 0.5) is 0 Å². The van der Waals surface area contributed by atoms with Crippen LogP contribution in [0.1, 0.15) is 24.5 Å². The van der Waals surface area contributed by atoms with Crippen LogP contribution in [0.15, 0.2) is 34.5 Å². The summed E-state index contributed by atoms with van der Waals surface area (Å²) in [5.74, 6) is -0.0203. The first-order valence-corrected chi connectivity index (χ1v) is 4.86. The van der Waals surface area contributed by atoms with Crippen molar-refractivity contribution in [3.8, 4) is 0 Å². The second-order valence-corrected chi connectivity index (χ2v) is 3.29. The highest BCUT2D eigenvalue weighted by Crippen LogP contribution is 2.07. The molecule has 0 saturated heterocycles. The topological polar surface area (TPSA) is 76.8 Å². The summed E-state index contributed by atoms with van der Waals surface area (Å²) in [7, 11) is 0. The van der Waals surface area contributed by atoms with Gasteiger partial charge in [0.25, 0.3) is 0 Å². The fourth-order valence-electron chi connectivity index (χ4n) is 1.20. The minimum atomic E-state index is -0.0203. The van der Waals surface area contributed by atoms with Crippen LogP contribution in [-0.2, 0) is 0 Å². The monoisotopic (exact) mass is 204 g/mol. The summed E-state index contributed by atoms with van der Waals surface area (Å²) in [6, 6.07) is 8.10. The summed E-state index contributed by atoms with van der Waals surface area (Å²) in [6.07, 6.45) is 0.792. The lowest BCUT2D eigenvalue weighted by molar-refractivity contribution is 1.15. The molecule has 0 heterocycles. The van der Waals surface area contributed by atoms with E-state index < -0.39 is 0 Å². The highest BCUT2D eigenvalue weighted by atomic mass is 15.3. The molecule has 0 amide bonds. The van der Waals surface area contributed by atoms with Gasteiger partial charge in [-0.1, -0.05) is 36.8 Å². The van der Waals surface area contributed by atoms with E-state index >= 15 is 0 Å². The Bertz CT molecular complexity index is 372. The van der Waals surface area contributed by atoms with Crippen molar-refractivity contribution in [3.63, 3.8) is 0 Å². The highest BCUT2D eigenvalue weighted by Gasteiger charge is 1.99. The van der Waals surface area contributed by atoms with Crippen molar-refractivity contribution in [2.24, 2.45) is 21.7 Å². The van der Waals surface area contributed by atoms with E-state index in [1.807, 2.05) is 38.1 Å². The Morgan fingerprint density at radius 1 is 1.13 bits per heavy atom. The number of nitrogens with two attached hydrogens (primary N) is 2. The summed E-state index contributed by atoms with van der Waals surface area (Å²) in [6.45, 7) is 4.06. The van der Waals surface area contributed by atoms with Gasteiger partial charge in [0.2, 0.25) is 5.96 Å². The van der Waals surface area contributed by atoms with Crippen molar-refractivity contribution in [2.75, 3.05) is 0 Å². The Balaban J connectivity index is 2.97. The van der Waals surface area contributed by atoms with Gasteiger partial charge in [0, 0.05) is 0 Å². The van der Waals surface area contributed by atoms with E-state index in [-0.39, 0.29) is 5.96 Å². The molecule has 0 aliphatic rings. The number of hydrogen-bond acceptors (Lipinski definition) is 2. The lowest BCUT2D eigenvalue weighted by Gasteiger charge is -2.02. The van der Waals surface area contributed by atoms with E-state index in [4.69, 9.17) is 11.5 Å². The molecule has 15 heavy (non-hydrogen) atoms. The van der Waals surface area contributed by atoms with Gasteiger partial charge in [-0.3, -0.25) is 0 Å². The lowest BCUT2D eigenvalue weighted by atomic mass is 10.1. The summed E-state index contributed by atoms with van der Waals surface area (Å²) in [4.78, 5) is 0. The van der Waals surface area contributed by atoms with Crippen molar-refractivity contribution < 1.29 is 0 Å². The molecule has 0 aliphatic carbocycles. The Hall–Kier alpha value is -1.84.